The summed E-state index contributed by atoms with van der Waals surface area (Å²) in [5.41, 5.74) is 4.86. The highest BCUT2D eigenvalue weighted by Gasteiger charge is 2.44. The fourth-order valence-corrected chi connectivity index (χ4v) is 9.07. The van der Waals surface area contributed by atoms with E-state index >= 15 is 0 Å². The molecule has 0 radical (unpaired) electrons. The summed E-state index contributed by atoms with van der Waals surface area (Å²) in [4.78, 5) is 0. The van der Waals surface area contributed by atoms with Crippen LogP contribution in [0.2, 0.25) is 11.1 Å². The third kappa shape index (κ3) is 1.94. The van der Waals surface area contributed by atoms with Crippen molar-refractivity contribution in [3.63, 3.8) is 0 Å². The van der Waals surface area contributed by atoms with Crippen LogP contribution in [-0.4, -0.2) is 8.07 Å². The lowest BCUT2D eigenvalue weighted by molar-refractivity contribution is 0.921. The van der Waals surface area contributed by atoms with Gasteiger partial charge in [0.2, 0.25) is 0 Å². The van der Waals surface area contributed by atoms with E-state index in [1.807, 2.05) is 0 Å². The summed E-state index contributed by atoms with van der Waals surface area (Å²) < 4.78 is 0. The highest BCUT2D eigenvalue weighted by Crippen LogP contribution is 2.38. The molecule has 2 rings (SSSR count). The molecule has 1 aromatic rings. The second-order valence-electron chi connectivity index (χ2n) is 5.63. The second-order valence-corrected chi connectivity index (χ2v) is 10.8. The van der Waals surface area contributed by atoms with Gasteiger partial charge in [0.25, 0.3) is 0 Å². The molecular weight excluding hydrogens is 232 g/mol. The van der Waals surface area contributed by atoms with Crippen LogP contribution in [0.3, 0.4) is 0 Å². The normalized spacial score (nSPS) is 14.7. The first-order valence-corrected chi connectivity index (χ1v) is 8.95. The topological polar surface area (TPSA) is 0 Å². The molecule has 0 saturated carbocycles. The van der Waals surface area contributed by atoms with Gasteiger partial charge in [-0.3, -0.25) is 0 Å². The molecule has 0 N–H and O–H groups in total. The Balaban J connectivity index is 2.66. The van der Waals surface area contributed by atoms with Gasteiger partial charge in [-0.15, -0.1) is 5.73 Å². The molecule has 1 aromatic carbocycles. The van der Waals surface area contributed by atoms with E-state index in [2.05, 4.69) is 82.0 Å². The van der Waals surface area contributed by atoms with Crippen LogP contribution >= 0.6 is 0 Å². The molecule has 1 aliphatic rings. The lowest BCUT2D eigenvalue weighted by Crippen LogP contribution is -2.54. The minimum Gasteiger partial charge on any atom is -0.121 e. The zero-order chi connectivity index (χ0) is 13.2. The van der Waals surface area contributed by atoms with Crippen molar-refractivity contribution in [2.24, 2.45) is 0 Å². The van der Waals surface area contributed by atoms with E-state index in [0.717, 1.165) is 0 Å². The minimum atomic E-state index is -1.71. The molecule has 1 aliphatic carbocycles. The second kappa shape index (κ2) is 5.13. The summed E-state index contributed by atoms with van der Waals surface area (Å²) in [5.74, 6) is 0. The van der Waals surface area contributed by atoms with E-state index in [9.17, 15) is 0 Å². The molecule has 0 amide bonds. The molecule has 1 heteroatoms. The van der Waals surface area contributed by atoms with Crippen molar-refractivity contribution in [3.8, 4) is 0 Å². The average molecular weight is 254 g/mol. The molecule has 0 saturated heterocycles. The van der Waals surface area contributed by atoms with E-state index in [1.165, 1.54) is 10.4 Å². The molecule has 18 heavy (non-hydrogen) atoms. The Bertz CT molecular complexity index is 492. The Hall–Kier alpha value is -1.30. The first kappa shape index (κ1) is 13.1. The SMILES string of the molecule is CC(C)[Si](C1=C=CC=C1)(c1ccccc1)C(C)C. The quantitative estimate of drug-likeness (QED) is 0.553. The lowest BCUT2D eigenvalue weighted by Gasteiger charge is -2.40. The number of allylic oxidation sites excluding steroid dienone is 3. The van der Waals surface area contributed by atoms with E-state index in [-0.39, 0.29) is 0 Å². The van der Waals surface area contributed by atoms with E-state index < -0.39 is 8.07 Å². The van der Waals surface area contributed by atoms with Gasteiger partial charge in [-0.2, -0.15) is 0 Å². The van der Waals surface area contributed by atoms with Crippen molar-refractivity contribution in [2.45, 2.75) is 38.8 Å². The standard InChI is InChI=1S/C17H22Si/c1-14(2)18(15(3)4,17-12-8-9-13-17)16-10-6-5-7-11-16/h5-12,14-15H,1-4H3. The van der Waals surface area contributed by atoms with Crippen LogP contribution in [0.25, 0.3) is 0 Å². The zero-order valence-electron chi connectivity index (χ0n) is 11.8. The number of rotatable bonds is 4. The van der Waals surface area contributed by atoms with Crippen LogP contribution in [-0.2, 0) is 0 Å². The number of hydrogen-bond donors (Lipinski definition) is 0. The highest BCUT2D eigenvalue weighted by atomic mass is 28.3. The Morgan fingerprint density at radius 2 is 1.56 bits per heavy atom. The van der Waals surface area contributed by atoms with Crippen LogP contribution < -0.4 is 5.19 Å². The van der Waals surface area contributed by atoms with Gasteiger partial charge in [0, 0.05) is 0 Å². The molecule has 0 spiro atoms. The van der Waals surface area contributed by atoms with Crippen LogP contribution in [0, 0.1) is 0 Å². The molecule has 94 valence electrons. The average Bonchev–Trinajstić information content (AvgIpc) is 2.84. The fourth-order valence-electron chi connectivity index (χ4n) is 3.41. The van der Waals surface area contributed by atoms with E-state index in [0.29, 0.717) is 11.1 Å². The summed E-state index contributed by atoms with van der Waals surface area (Å²) >= 11 is 0. The first-order chi connectivity index (χ1) is 8.60. The van der Waals surface area contributed by atoms with E-state index in [1.54, 1.807) is 0 Å². The Morgan fingerprint density at radius 1 is 0.944 bits per heavy atom. The molecule has 0 fully saturated rings. The zero-order valence-corrected chi connectivity index (χ0v) is 12.8. The largest absolute Gasteiger partial charge is 0.132 e. The Kier molecular flexibility index (Phi) is 3.75. The van der Waals surface area contributed by atoms with E-state index in [4.69, 9.17) is 0 Å². The van der Waals surface area contributed by atoms with Crippen LogP contribution in [0.1, 0.15) is 27.7 Å². The molecule has 0 heterocycles. The van der Waals surface area contributed by atoms with Crippen molar-refractivity contribution >= 4 is 13.3 Å². The third-order valence-electron chi connectivity index (χ3n) is 4.12. The van der Waals surface area contributed by atoms with Gasteiger partial charge in [0.1, 0.15) is 8.07 Å². The van der Waals surface area contributed by atoms with Crippen LogP contribution in [0.5, 0.6) is 0 Å². The van der Waals surface area contributed by atoms with Crippen LogP contribution in [0.15, 0.2) is 59.5 Å². The lowest BCUT2D eigenvalue weighted by atomic mass is 10.4. The molecular formula is C17H22Si. The molecule has 0 atom stereocenters. The van der Waals surface area contributed by atoms with Crippen molar-refractivity contribution in [2.75, 3.05) is 0 Å². The maximum absolute atomic E-state index is 3.50. The molecule has 0 aliphatic heterocycles. The smallest absolute Gasteiger partial charge is 0.121 e. The summed E-state index contributed by atoms with van der Waals surface area (Å²) in [7, 11) is -1.71. The van der Waals surface area contributed by atoms with Crippen LogP contribution in [0.4, 0.5) is 0 Å². The molecule has 0 unspecified atom stereocenters. The summed E-state index contributed by atoms with van der Waals surface area (Å²) in [6, 6.07) is 11.1. The molecule has 0 bridgehead atoms. The predicted molar refractivity (Wildman–Crippen MR) is 82.8 cm³/mol. The van der Waals surface area contributed by atoms with Gasteiger partial charge in [-0.25, -0.2) is 0 Å². The summed E-state index contributed by atoms with van der Waals surface area (Å²) in [6.07, 6.45) is 6.47. The fraction of sp³-hybridized carbons (Fsp3) is 0.353. The highest BCUT2D eigenvalue weighted by molar-refractivity contribution is 7.00. The maximum atomic E-state index is 3.50. The Labute approximate surface area is 112 Å². The number of hydrogen-bond acceptors (Lipinski definition) is 0. The minimum absolute atomic E-state index is 0.679. The molecule has 0 nitrogen and oxygen atoms in total. The Morgan fingerprint density at radius 3 is 2.00 bits per heavy atom. The molecule has 0 aromatic heterocycles. The van der Waals surface area contributed by atoms with Crippen molar-refractivity contribution in [1.29, 1.82) is 0 Å². The van der Waals surface area contributed by atoms with Crippen molar-refractivity contribution in [3.05, 3.63) is 59.5 Å². The van der Waals surface area contributed by atoms with Crippen molar-refractivity contribution in [1.82, 2.24) is 0 Å². The van der Waals surface area contributed by atoms with Crippen molar-refractivity contribution < 1.29 is 0 Å². The van der Waals surface area contributed by atoms with Gasteiger partial charge in [0.05, 0.1) is 0 Å². The van der Waals surface area contributed by atoms with Gasteiger partial charge in [0.15, 0.2) is 0 Å². The number of benzene rings is 1. The van der Waals surface area contributed by atoms with Gasteiger partial charge in [-0.1, -0.05) is 75.4 Å². The monoisotopic (exact) mass is 254 g/mol. The summed E-state index contributed by atoms with van der Waals surface area (Å²) in [5, 5.41) is 3.00. The van der Waals surface area contributed by atoms with Gasteiger partial charge in [-0.05, 0) is 22.4 Å². The third-order valence-corrected chi connectivity index (χ3v) is 10.3. The predicted octanol–water partition coefficient (Wildman–Crippen LogP) is 4.35. The first-order valence-electron chi connectivity index (χ1n) is 6.79. The van der Waals surface area contributed by atoms with Gasteiger partial charge >= 0.3 is 0 Å². The van der Waals surface area contributed by atoms with Gasteiger partial charge < -0.3 is 0 Å². The maximum Gasteiger partial charge on any atom is 0.132 e. The summed E-state index contributed by atoms with van der Waals surface area (Å²) in [6.45, 7) is 9.50.